The van der Waals surface area contributed by atoms with Gasteiger partial charge in [0, 0.05) is 22.2 Å². The molecule has 2 aromatic carbocycles. The Balaban J connectivity index is 1.57. The van der Waals surface area contributed by atoms with E-state index in [2.05, 4.69) is 11.4 Å². The lowest BCUT2D eigenvalue weighted by Gasteiger charge is -2.08. The molecule has 0 aliphatic carbocycles. The Kier molecular flexibility index (Phi) is 5.69. The van der Waals surface area contributed by atoms with E-state index in [0.29, 0.717) is 17.7 Å². The van der Waals surface area contributed by atoms with Crippen LogP contribution >= 0.6 is 23.1 Å². The molecule has 0 bridgehead atoms. The Morgan fingerprint density at radius 3 is 2.61 bits per heavy atom. The van der Waals surface area contributed by atoms with Crippen LogP contribution in [0.15, 0.2) is 71.1 Å². The van der Waals surface area contributed by atoms with Gasteiger partial charge in [0.25, 0.3) is 0 Å². The molecule has 0 saturated carbocycles. The first kappa shape index (κ1) is 18.7. The number of rotatable bonds is 7. The molecule has 2 aromatic heterocycles. The van der Waals surface area contributed by atoms with Gasteiger partial charge in [-0.05, 0) is 41.8 Å². The summed E-state index contributed by atoms with van der Waals surface area (Å²) in [4.78, 5) is 23.3. The van der Waals surface area contributed by atoms with E-state index in [1.165, 1.54) is 16.6 Å². The number of methoxy groups -OCH3 is 1. The molecule has 0 radical (unpaired) electrons. The number of para-hydroxylation sites is 1. The van der Waals surface area contributed by atoms with E-state index in [0.717, 1.165) is 27.5 Å². The fourth-order valence-electron chi connectivity index (χ4n) is 2.85. The molecule has 4 rings (SSSR count). The molecule has 0 fully saturated rings. The number of hydrogen-bond donors (Lipinski definition) is 0. The molecule has 0 saturated heterocycles. The fourth-order valence-corrected chi connectivity index (χ4v) is 4.48. The van der Waals surface area contributed by atoms with Crippen LogP contribution in [0.25, 0.3) is 10.9 Å². The van der Waals surface area contributed by atoms with E-state index in [1.54, 1.807) is 42.7 Å². The second-order valence-corrected chi connectivity index (χ2v) is 8.15. The lowest BCUT2D eigenvalue weighted by molar-refractivity contribution is 0.102. The van der Waals surface area contributed by atoms with Crippen LogP contribution in [0.4, 0.5) is 0 Å². The predicted molar refractivity (Wildman–Crippen MR) is 115 cm³/mol. The summed E-state index contributed by atoms with van der Waals surface area (Å²) in [6.45, 7) is 0. The second kappa shape index (κ2) is 8.54. The number of thiophene rings is 1. The Morgan fingerprint density at radius 1 is 1.04 bits per heavy atom. The lowest BCUT2D eigenvalue weighted by Crippen LogP contribution is -2.04. The minimum atomic E-state index is 0.0650. The quantitative estimate of drug-likeness (QED) is 0.238. The average molecular weight is 407 g/mol. The highest BCUT2D eigenvalue weighted by molar-refractivity contribution is 8.00. The third kappa shape index (κ3) is 4.24. The van der Waals surface area contributed by atoms with Crippen LogP contribution in [-0.4, -0.2) is 28.6 Å². The van der Waals surface area contributed by atoms with Gasteiger partial charge in [-0.25, -0.2) is 9.97 Å². The number of aromatic nitrogens is 2. The summed E-state index contributed by atoms with van der Waals surface area (Å²) >= 11 is 3.16. The predicted octanol–water partition coefficient (Wildman–Crippen LogP) is 5.27. The third-order valence-corrected chi connectivity index (χ3v) is 6.15. The van der Waals surface area contributed by atoms with E-state index >= 15 is 0 Å². The maximum absolute atomic E-state index is 12.6. The van der Waals surface area contributed by atoms with E-state index in [1.807, 2.05) is 30.3 Å². The Hall–Kier alpha value is -2.70. The number of hydrogen-bond acceptors (Lipinski definition) is 6. The number of benzene rings is 2. The fraction of sp³-hybridized carbons (Fsp3) is 0.136. The largest absolute Gasteiger partial charge is 0.497 e. The summed E-state index contributed by atoms with van der Waals surface area (Å²) in [5.41, 5.74) is 1.58. The van der Waals surface area contributed by atoms with Gasteiger partial charge in [0.2, 0.25) is 0 Å². The number of thioether (sulfide) groups is 1. The zero-order valence-electron chi connectivity index (χ0n) is 15.3. The normalized spacial score (nSPS) is 10.9. The molecule has 0 N–H and O–H groups in total. The zero-order chi connectivity index (χ0) is 19.3. The molecular formula is C22H18N2O2S2. The van der Waals surface area contributed by atoms with Crippen molar-refractivity contribution in [2.75, 3.05) is 12.9 Å². The zero-order valence-corrected chi connectivity index (χ0v) is 16.9. The molecule has 28 heavy (non-hydrogen) atoms. The summed E-state index contributed by atoms with van der Waals surface area (Å²) in [6, 6.07) is 19.3. The first-order valence-electron chi connectivity index (χ1n) is 8.81. The van der Waals surface area contributed by atoms with Crippen LogP contribution < -0.4 is 4.74 Å². The van der Waals surface area contributed by atoms with Crippen molar-refractivity contribution in [1.29, 1.82) is 0 Å². The van der Waals surface area contributed by atoms with Gasteiger partial charge in [0.05, 0.1) is 18.4 Å². The number of ether oxygens (including phenoxy) is 1. The molecule has 6 heteroatoms. The van der Waals surface area contributed by atoms with Crippen molar-refractivity contribution < 1.29 is 9.53 Å². The van der Waals surface area contributed by atoms with Gasteiger partial charge in [0.15, 0.2) is 5.78 Å². The molecule has 140 valence electrons. The van der Waals surface area contributed by atoms with Crippen molar-refractivity contribution in [3.8, 4) is 5.75 Å². The summed E-state index contributed by atoms with van der Waals surface area (Å²) in [7, 11) is 1.61. The highest BCUT2D eigenvalue weighted by atomic mass is 32.2. The van der Waals surface area contributed by atoms with Crippen molar-refractivity contribution in [2.24, 2.45) is 0 Å². The van der Waals surface area contributed by atoms with Crippen molar-refractivity contribution in [3.05, 3.63) is 82.3 Å². The highest BCUT2D eigenvalue weighted by Gasteiger charge is 2.12. The maximum Gasteiger partial charge on any atom is 0.173 e. The van der Waals surface area contributed by atoms with Crippen molar-refractivity contribution >= 4 is 39.8 Å². The molecule has 0 unspecified atom stereocenters. The molecule has 0 spiro atoms. The van der Waals surface area contributed by atoms with E-state index in [4.69, 9.17) is 14.7 Å². The standard InChI is InChI=1S/C22H18N2O2S2/c1-26-16-10-8-15(9-11-16)20(25)14-28-22-18-6-2-3-7-19(18)23-21(24-22)13-17-5-4-12-27-17/h2-12H,13-14H2,1H3. The van der Waals surface area contributed by atoms with Gasteiger partial charge >= 0.3 is 0 Å². The van der Waals surface area contributed by atoms with Crippen LogP contribution in [0.2, 0.25) is 0 Å². The minimum absolute atomic E-state index is 0.0650. The number of Topliss-reactive ketones (excluding diaryl/α,β-unsaturated/α-hetero) is 1. The number of carbonyl (C=O) groups excluding carboxylic acids is 1. The summed E-state index contributed by atoms with van der Waals surface area (Å²) in [5, 5.41) is 3.88. The average Bonchev–Trinajstić information content (AvgIpc) is 3.25. The molecule has 0 atom stereocenters. The number of nitrogens with zero attached hydrogens (tertiary/aromatic N) is 2. The van der Waals surface area contributed by atoms with E-state index in [9.17, 15) is 4.79 Å². The molecule has 0 amide bonds. The van der Waals surface area contributed by atoms with Crippen LogP contribution in [0.1, 0.15) is 21.1 Å². The first-order chi connectivity index (χ1) is 13.7. The third-order valence-electron chi connectivity index (χ3n) is 4.28. The van der Waals surface area contributed by atoms with Crippen molar-refractivity contribution in [3.63, 3.8) is 0 Å². The first-order valence-corrected chi connectivity index (χ1v) is 10.7. The van der Waals surface area contributed by atoms with Gasteiger partial charge in [-0.3, -0.25) is 4.79 Å². The number of carbonyl (C=O) groups is 1. The van der Waals surface area contributed by atoms with Crippen LogP contribution in [-0.2, 0) is 6.42 Å². The van der Waals surface area contributed by atoms with Crippen LogP contribution in [0, 0.1) is 0 Å². The van der Waals surface area contributed by atoms with Crippen molar-refractivity contribution in [2.45, 2.75) is 11.4 Å². The molecule has 4 aromatic rings. The van der Waals surface area contributed by atoms with E-state index < -0.39 is 0 Å². The molecule has 2 heterocycles. The van der Waals surface area contributed by atoms with Gasteiger partial charge in [-0.1, -0.05) is 36.0 Å². The molecule has 0 aliphatic rings. The SMILES string of the molecule is COc1ccc(C(=O)CSc2nc(Cc3cccs3)nc3ccccc23)cc1. The maximum atomic E-state index is 12.6. The number of ketones is 1. The molecular weight excluding hydrogens is 388 g/mol. The van der Waals surface area contributed by atoms with Gasteiger partial charge < -0.3 is 4.74 Å². The molecule has 0 aliphatic heterocycles. The summed E-state index contributed by atoms with van der Waals surface area (Å²) in [5.74, 6) is 1.91. The Bertz CT molecular complexity index is 1090. The summed E-state index contributed by atoms with van der Waals surface area (Å²) < 4.78 is 5.15. The Labute approximate surface area is 171 Å². The second-order valence-electron chi connectivity index (χ2n) is 6.16. The van der Waals surface area contributed by atoms with Crippen LogP contribution in [0.3, 0.4) is 0 Å². The summed E-state index contributed by atoms with van der Waals surface area (Å²) in [6.07, 6.45) is 0.697. The minimum Gasteiger partial charge on any atom is -0.497 e. The van der Waals surface area contributed by atoms with Crippen LogP contribution in [0.5, 0.6) is 5.75 Å². The van der Waals surface area contributed by atoms with E-state index in [-0.39, 0.29) is 5.78 Å². The lowest BCUT2D eigenvalue weighted by atomic mass is 10.1. The highest BCUT2D eigenvalue weighted by Crippen LogP contribution is 2.27. The van der Waals surface area contributed by atoms with Crippen molar-refractivity contribution in [1.82, 2.24) is 9.97 Å². The Morgan fingerprint density at radius 2 is 1.86 bits per heavy atom. The van der Waals surface area contributed by atoms with Gasteiger partial charge in [-0.2, -0.15) is 0 Å². The molecule has 4 nitrogen and oxygen atoms in total. The van der Waals surface area contributed by atoms with Gasteiger partial charge in [-0.15, -0.1) is 11.3 Å². The topological polar surface area (TPSA) is 52.1 Å². The van der Waals surface area contributed by atoms with Gasteiger partial charge in [0.1, 0.15) is 16.6 Å². The monoisotopic (exact) mass is 406 g/mol. The number of fused-ring (bicyclic) bond motifs is 1. The smallest absolute Gasteiger partial charge is 0.173 e.